The van der Waals surface area contributed by atoms with Crippen LogP contribution in [0.2, 0.25) is 0 Å². The Bertz CT molecular complexity index is 756. The second-order valence-corrected chi connectivity index (χ2v) is 5.27. The Morgan fingerprint density at radius 2 is 1.90 bits per heavy atom. The van der Waals surface area contributed by atoms with E-state index in [1.165, 1.54) is 18.4 Å². The third kappa shape index (κ3) is 1.91. The Morgan fingerprint density at radius 1 is 1.10 bits per heavy atom. The van der Waals surface area contributed by atoms with Crippen molar-refractivity contribution in [2.75, 3.05) is 5.32 Å². The van der Waals surface area contributed by atoms with Gasteiger partial charge in [0, 0.05) is 11.7 Å². The molecule has 20 heavy (non-hydrogen) atoms. The lowest BCUT2D eigenvalue weighted by Crippen LogP contribution is -1.98. The summed E-state index contributed by atoms with van der Waals surface area (Å²) in [5, 5.41) is 3.32. The lowest BCUT2D eigenvalue weighted by molar-refractivity contribution is 0.756. The highest BCUT2D eigenvalue weighted by Gasteiger charge is 2.26. The van der Waals surface area contributed by atoms with Crippen molar-refractivity contribution in [3.63, 3.8) is 0 Å². The summed E-state index contributed by atoms with van der Waals surface area (Å²) >= 11 is 0. The highest BCUT2D eigenvalue weighted by atomic mass is 15.2. The van der Waals surface area contributed by atoms with Crippen molar-refractivity contribution in [1.29, 1.82) is 0 Å². The van der Waals surface area contributed by atoms with E-state index in [1.807, 2.05) is 18.5 Å². The molecule has 0 unspecified atom stereocenters. The molecule has 1 aromatic carbocycles. The van der Waals surface area contributed by atoms with Gasteiger partial charge in [-0.15, -0.1) is 0 Å². The lowest BCUT2D eigenvalue weighted by atomic mass is 10.2. The quantitative estimate of drug-likeness (QED) is 0.790. The molecule has 5 nitrogen and oxygen atoms in total. The summed E-state index contributed by atoms with van der Waals surface area (Å²) in [5.41, 5.74) is 4.00. The predicted molar refractivity (Wildman–Crippen MR) is 78.1 cm³/mol. The first-order valence-electron chi connectivity index (χ1n) is 6.82. The predicted octanol–water partition coefficient (Wildman–Crippen LogP) is 3.21. The van der Waals surface area contributed by atoms with Crippen molar-refractivity contribution in [1.82, 2.24) is 19.5 Å². The van der Waals surface area contributed by atoms with Gasteiger partial charge in [-0.25, -0.2) is 15.0 Å². The lowest BCUT2D eigenvalue weighted by Gasteiger charge is -2.06. The summed E-state index contributed by atoms with van der Waals surface area (Å²) in [6.07, 6.45) is 5.91. The largest absolute Gasteiger partial charge is 0.338 e. The number of hydrogen-bond acceptors (Lipinski definition) is 4. The zero-order valence-electron chi connectivity index (χ0n) is 11.2. The molecule has 0 radical (unpaired) electrons. The Kier molecular flexibility index (Phi) is 2.45. The van der Waals surface area contributed by atoms with Gasteiger partial charge in [0.05, 0.1) is 6.33 Å². The molecule has 1 N–H and O–H groups in total. The molecule has 2 heterocycles. The SMILES string of the molecule is Cc1ccc(Nc2ncnc3c2ncn3C2CC2)cc1. The molecular formula is C15H15N5. The Morgan fingerprint density at radius 3 is 2.65 bits per heavy atom. The van der Waals surface area contributed by atoms with Crippen LogP contribution in [-0.4, -0.2) is 19.5 Å². The van der Waals surface area contributed by atoms with E-state index < -0.39 is 0 Å². The first-order valence-corrected chi connectivity index (χ1v) is 6.82. The van der Waals surface area contributed by atoms with Gasteiger partial charge in [-0.3, -0.25) is 0 Å². The topological polar surface area (TPSA) is 55.6 Å². The second kappa shape index (κ2) is 4.30. The van der Waals surface area contributed by atoms with Gasteiger partial charge in [0.25, 0.3) is 0 Å². The molecule has 0 saturated heterocycles. The number of anilines is 2. The fraction of sp³-hybridized carbons (Fsp3) is 0.267. The van der Waals surface area contributed by atoms with Crippen molar-refractivity contribution in [2.45, 2.75) is 25.8 Å². The Hall–Kier alpha value is -2.43. The molecule has 3 aromatic rings. The number of hydrogen-bond donors (Lipinski definition) is 1. The fourth-order valence-electron chi connectivity index (χ4n) is 2.34. The molecular weight excluding hydrogens is 250 g/mol. The summed E-state index contributed by atoms with van der Waals surface area (Å²) in [4.78, 5) is 13.2. The van der Waals surface area contributed by atoms with E-state index in [2.05, 4.69) is 43.9 Å². The molecule has 0 bridgehead atoms. The minimum Gasteiger partial charge on any atom is -0.338 e. The maximum Gasteiger partial charge on any atom is 0.165 e. The van der Waals surface area contributed by atoms with E-state index in [0.29, 0.717) is 6.04 Å². The monoisotopic (exact) mass is 265 g/mol. The van der Waals surface area contributed by atoms with Gasteiger partial charge in [0.1, 0.15) is 6.33 Å². The first-order chi connectivity index (χ1) is 9.81. The highest BCUT2D eigenvalue weighted by molar-refractivity contribution is 5.85. The Balaban J connectivity index is 1.74. The van der Waals surface area contributed by atoms with Crippen LogP contribution in [0.3, 0.4) is 0 Å². The van der Waals surface area contributed by atoms with Crippen LogP contribution in [0.1, 0.15) is 24.4 Å². The van der Waals surface area contributed by atoms with Gasteiger partial charge < -0.3 is 9.88 Å². The summed E-state index contributed by atoms with van der Waals surface area (Å²) in [5.74, 6) is 0.762. The van der Waals surface area contributed by atoms with Crippen LogP contribution >= 0.6 is 0 Å². The van der Waals surface area contributed by atoms with Crippen molar-refractivity contribution >= 4 is 22.7 Å². The van der Waals surface area contributed by atoms with E-state index >= 15 is 0 Å². The summed E-state index contributed by atoms with van der Waals surface area (Å²) in [6, 6.07) is 8.80. The molecule has 0 atom stereocenters. The zero-order chi connectivity index (χ0) is 13.5. The van der Waals surface area contributed by atoms with E-state index in [0.717, 1.165) is 22.7 Å². The molecule has 1 saturated carbocycles. The fourth-order valence-corrected chi connectivity index (χ4v) is 2.34. The summed E-state index contributed by atoms with van der Waals surface area (Å²) < 4.78 is 2.15. The molecule has 0 amide bonds. The van der Waals surface area contributed by atoms with Crippen molar-refractivity contribution in [3.05, 3.63) is 42.5 Å². The minimum atomic E-state index is 0.571. The average molecular weight is 265 g/mol. The van der Waals surface area contributed by atoms with Crippen LogP contribution in [0.15, 0.2) is 36.9 Å². The van der Waals surface area contributed by atoms with Crippen LogP contribution in [0.5, 0.6) is 0 Å². The van der Waals surface area contributed by atoms with Crippen LogP contribution in [0.25, 0.3) is 11.2 Å². The minimum absolute atomic E-state index is 0.571. The smallest absolute Gasteiger partial charge is 0.165 e. The molecule has 5 heteroatoms. The maximum absolute atomic E-state index is 4.47. The van der Waals surface area contributed by atoms with Gasteiger partial charge in [-0.1, -0.05) is 17.7 Å². The van der Waals surface area contributed by atoms with Crippen molar-refractivity contribution in [2.24, 2.45) is 0 Å². The van der Waals surface area contributed by atoms with Gasteiger partial charge >= 0.3 is 0 Å². The normalized spacial score (nSPS) is 14.7. The molecule has 0 aliphatic heterocycles. The van der Waals surface area contributed by atoms with E-state index in [1.54, 1.807) is 6.33 Å². The molecule has 2 aromatic heterocycles. The standard InChI is InChI=1S/C15H15N5/c1-10-2-4-11(5-3-10)19-14-13-15(17-8-16-14)20(9-18-13)12-6-7-12/h2-5,8-9,12H,6-7H2,1H3,(H,16,17,19). The first kappa shape index (κ1) is 11.4. The molecule has 0 spiro atoms. The number of fused-ring (bicyclic) bond motifs is 1. The van der Waals surface area contributed by atoms with Gasteiger partial charge in [0.2, 0.25) is 0 Å². The molecule has 1 aliphatic rings. The zero-order valence-corrected chi connectivity index (χ0v) is 11.2. The van der Waals surface area contributed by atoms with E-state index in [4.69, 9.17) is 0 Å². The van der Waals surface area contributed by atoms with Crippen LogP contribution in [0.4, 0.5) is 11.5 Å². The molecule has 100 valence electrons. The average Bonchev–Trinajstić information content (AvgIpc) is 3.21. The number of imidazole rings is 1. The van der Waals surface area contributed by atoms with E-state index in [9.17, 15) is 0 Å². The number of rotatable bonds is 3. The van der Waals surface area contributed by atoms with Gasteiger partial charge in [0.15, 0.2) is 17.0 Å². The Labute approximate surface area is 116 Å². The number of benzene rings is 1. The third-order valence-corrected chi connectivity index (χ3v) is 3.61. The van der Waals surface area contributed by atoms with Gasteiger partial charge in [-0.05, 0) is 31.9 Å². The van der Waals surface area contributed by atoms with Crippen LogP contribution in [-0.2, 0) is 0 Å². The molecule has 1 fully saturated rings. The maximum atomic E-state index is 4.47. The van der Waals surface area contributed by atoms with Gasteiger partial charge in [-0.2, -0.15) is 0 Å². The van der Waals surface area contributed by atoms with Crippen molar-refractivity contribution < 1.29 is 0 Å². The third-order valence-electron chi connectivity index (χ3n) is 3.61. The van der Waals surface area contributed by atoms with Crippen molar-refractivity contribution in [3.8, 4) is 0 Å². The van der Waals surface area contributed by atoms with Crippen LogP contribution in [0, 0.1) is 6.92 Å². The second-order valence-electron chi connectivity index (χ2n) is 5.27. The molecule has 4 rings (SSSR count). The van der Waals surface area contributed by atoms with E-state index in [-0.39, 0.29) is 0 Å². The summed E-state index contributed by atoms with van der Waals surface area (Å²) in [7, 11) is 0. The number of aromatic nitrogens is 4. The van der Waals surface area contributed by atoms with Crippen LogP contribution < -0.4 is 5.32 Å². The number of aryl methyl sites for hydroxylation is 1. The number of nitrogens with one attached hydrogen (secondary N) is 1. The summed E-state index contributed by atoms with van der Waals surface area (Å²) in [6.45, 7) is 2.07. The molecule has 1 aliphatic carbocycles. The number of nitrogens with zero attached hydrogens (tertiary/aromatic N) is 4. The highest BCUT2D eigenvalue weighted by Crippen LogP contribution is 2.37.